The molecule has 1 N–H and O–H groups in total. The molecule has 5 rings (SSSR count). The van der Waals surface area contributed by atoms with Crippen LogP contribution in [0.4, 0.5) is 0 Å². The first-order valence-corrected chi connectivity index (χ1v) is 11.4. The number of hydrogen-bond donors (Lipinski definition) is 1. The van der Waals surface area contributed by atoms with Crippen molar-refractivity contribution in [1.29, 1.82) is 0 Å². The average molecular weight is 461 g/mol. The van der Waals surface area contributed by atoms with Gasteiger partial charge in [-0.2, -0.15) is 0 Å². The van der Waals surface area contributed by atoms with Gasteiger partial charge >= 0.3 is 0 Å². The lowest BCUT2D eigenvalue weighted by Gasteiger charge is -2.33. The quantitative estimate of drug-likeness (QED) is 0.472. The van der Waals surface area contributed by atoms with Gasteiger partial charge in [-0.15, -0.1) is 5.10 Å². The Kier molecular flexibility index (Phi) is 6.12. The van der Waals surface area contributed by atoms with Gasteiger partial charge in [0.1, 0.15) is 11.8 Å². The number of hydrogen-bond acceptors (Lipinski definition) is 7. The molecule has 9 heteroatoms. The summed E-state index contributed by atoms with van der Waals surface area (Å²) in [6.45, 7) is 7.12. The van der Waals surface area contributed by atoms with Gasteiger partial charge in [0.15, 0.2) is 5.82 Å². The molecule has 0 radical (unpaired) electrons. The molecule has 2 aromatic heterocycles. The maximum atomic E-state index is 13.4. The van der Waals surface area contributed by atoms with Gasteiger partial charge in [-0.1, -0.05) is 23.8 Å². The highest BCUT2D eigenvalue weighted by Gasteiger charge is 2.31. The highest BCUT2D eigenvalue weighted by molar-refractivity contribution is 5.83. The van der Waals surface area contributed by atoms with E-state index in [2.05, 4.69) is 44.5 Å². The summed E-state index contributed by atoms with van der Waals surface area (Å²) in [6, 6.07) is 13.6. The second kappa shape index (κ2) is 9.36. The Hall–Kier alpha value is -3.56. The molecule has 0 unspecified atom stereocenters. The van der Waals surface area contributed by atoms with Crippen LogP contribution in [-0.4, -0.2) is 63.5 Å². The standard InChI is InChI=1S/C25H28N6O3/c1-16-12-17(2)22-19(13-16)14-21(25(32)26-22)23(30-8-10-34-11-9-30)24-27-28-29-31(24)15-18-4-6-20(33-3)7-5-18/h4-7,12-14,23H,8-11,15H2,1-3H3,(H,26,32)/t23-/m1/s1. The van der Waals surface area contributed by atoms with E-state index in [-0.39, 0.29) is 5.56 Å². The Morgan fingerprint density at radius 1 is 1.12 bits per heavy atom. The lowest BCUT2D eigenvalue weighted by molar-refractivity contribution is 0.0214. The maximum Gasteiger partial charge on any atom is 0.253 e. The predicted molar refractivity (Wildman–Crippen MR) is 128 cm³/mol. The lowest BCUT2D eigenvalue weighted by atomic mass is 10.0. The van der Waals surface area contributed by atoms with Crippen LogP contribution in [-0.2, 0) is 11.3 Å². The second-order valence-electron chi connectivity index (χ2n) is 8.69. The van der Waals surface area contributed by atoms with Crippen LogP contribution >= 0.6 is 0 Å². The Morgan fingerprint density at radius 2 is 1.88 bits per heavy atom. The molecule has 34 heavy (non-hydrogen) atoms. The number of aromatic nitrogens is 5. The summed E-state index contributed by atoms with van der Waals surface area (Å²) >= 11 is 0. The number of H-pyrrole nitrogens is 1. The van der Waals surface area contributed by atoms with E-state index in [0.717, 1.165) is 33.3 Å². The average Bonchev–Trinajstić information content (AvgIpc) is 3.29. The van der Waals surface area contributed by atoms with Crippen LogP contribution in [0.25, 0.3) is 10.9 Å². The zero-order valence-electron chi connectivity index (χ0n) is 19.6. The molecular weight excluding hydrogens is 432 g/mol. The molecule has 1 fully saturated rings. The predicted octanol–water partition coefficient (Wildman–Crippen LogP) is 2.61. The Morgan fingerprint density at radius 3 is 2.62 bits per heavy atom. The summed E-state index contributed by atoms with van der Waals surface area (Å²) in [5, 5.41) is 13.6. The highest BCUT2D eigenvalue weighted by atomic mass is 16.5. The second-order valence-corrected chi connectivity index (χ2v) is 8.69. The maximum absolute atomic E-state index is 13.4. The molecule has 2 aromatic carbocycles. The van der Waals surface area contributed by atoms with Crippen LogP contribution < -0.4 is 10.3 Å². The first kappa shape index (κ1) is 22.2. The van der Waals surface area contributed by atoms with E-state index in [9.17, 15) is 4.79 Å². The smallest absolute Gasteiger partial charge is 0.253 e. The summed E-state index contributed by atoms with van der Waals surface area (Å²) in [4.78, 5) is 18.7. The van der Waals surface area contributed by atoms with Crippen molar-refractivity contribution in [1.82, 2.24) is 30.1 Å². The normalized spacial score (nSPS) is 15.5. The fourth-order valence-electron chi connectivity index (χ4n) is 4.67. The molecule has 0 saturated carbocycles. The van der Waals surface area contributed by atoms with Crippen molar-refractivity contribution in [3.05, 3.63) is 80.9 Å². The van der Waals surface area contributed by atoms with Gasteiger partial charge in [-0.05, 0) is 65.1 Å². The zero-order chi connectivity index (χ0) is 23.7. The van der Waals surface area contributed by atoms with Gasteiger partial charge in [0.2, 0.25) is 0 Å². The molecule has 0 aliphatic carbocycles. The molecule has 1 atom stereocenters. The van der Waals surface area contributed by atoms with Gasteiger partial charge in [0, 0.05) is 18.7 Å². The summed E-state index contributed by atoms with van der Waals surface area (Å²) in [7, 11) is 1.64. The SMILES string of the molecule is COc1ccc(Cn2nnnc2[C@@H](c2cc3cc(C)cc(C)c3[nH]c2=O)N2CCOCC2)cc1. The molecule has 1 aliphatic heterocycles. The number of aryl methyl sites for hydroxylation is 2. The molecule has 0 amide bonds. The van der Waals surface area contributed by atoms with E-state index >= 15 is 0 Å². The first-order chi connectivity index (χ1) is 16.5. The van der Waals surface area contributed by atoms with Crippen molar-refractivity contribution in [2.24, 2.45) is 0 Å². The van der Waals surface area contributed by atoms with Crippen LogP contribution in [0.5, 0.6) is 5.75 Å². The number of tetrazole rings is 1. The third-order valence-electron chi connectivity index (χ3n) is 6.32. The number of fused-ring (bicyclic) bond motifs is 1. The molecule has 1 saturated heterocycles. The first-order valence-electron chi connectivity index (χ1n) is 11.4. The molecule has 3 heterocycles. The summed E-state index contributed by atoms with van der Waals surface area (Å²) in [5.41, 5.74) is 4.59. The zero-order valence-corrected chi connectivity index (χ0v) is 19.6. The van der Waals surface area contributed by atoms with Crippen LogP contribution in [0.1, 0.15) is 34.1 Å². The fraction of sp³-hybridized carbons (Fsp3) is 0.360. The molecule has 9 nitrogen and oxygen atoms in total. The van der Waals surface area contributed by atoms with Gasteiger partial charge in [0.25, 0.3) is 5.56 Å². The number of nitrogens with one attached hydrogen (secondary N) is 1. The van der Waals surface area contributed by atoms with E-state index in [1.165, 1.54) is 0 Å². The molecule has 1 aliphatic rings. The van der Waals surface area contributed by atoms with Crippen molar-refractivity contribution in [2.45, 2.75) is 26.4 Å². The fourth-order valence-corrected chi connectivity index (χ4v) is 4.67. The summed E-state index contributed by atoms with van der Waals surface area (Å²) in [6.07, 6.45) is 0. The van der Waals surface area contributed by atoms with E-state index < -0.39 is 6.04 Å². The Bertz CT molecular complexity index is 1360. The van der Waals surface area contributed by atoms with Crippen molar-refractivity contribution < 1.29 is 9.47 Å². The van der Waals surface area contributed by atoms with Gasteiger partial charge in [0.05, 0.1) is 32.4 Å². The minimum atomic E-state index is -0.397. The van der Waals surface area contributed by atoms with Crippen LogP contribution in [0, 0.1) is 13.8 Å². The van der Waals surface area contributed by atoms with Crippen molar-refractivity contribution in [3.63, 3.8) is 0 Å². The van der Waals surface area contributed by atoms with Crippen LogP contribution in [0.2, 0.25) is 0 Å². The molecular formula is C25H28N6O3. The van der Waals surface area contributed by atoms with Crippen molar-refractivity contribution >= 4 is 10.9 Å². The van der Waals surface area contributed by atoms with Crippen LogP contribution in [0.15, 0.2) is 47.3 Å². The number of methoxy groups -OCH3 is 1. The minimum Gasteiger partial charge on any atom is -0.497 e. The number of rotatable bonds is 6. The number of aromatic amines is 1. The number of morpholine rings is 1. The topological polar surface area (TPSA) is 98.2 Å². The largest absolute Gasteiger partial charge is 0.497 e. The van der Waals surface area contributed by atoms with Crippen LogP contribution in [0.3, 0.4) is 0 Å². The Labute approximate surface area is 197 Å². The van der Waals surface area contributed by atoms with Crippen molar-refractivity contribution in [2.75, 3.05) is 33.4 Å². The summed E-state index contributed by atoms with van der Waals surface area (Å²) < 4.78 is 12.6. The minimum absolute atomic E-state index is 0.130. The Balaban J connectivity index is 1.60. The van der Waals surface area contributed by atoms with Gasteiger partial charge in [-0.3, -0.25) is 9.69 Å². The monoisotopic (exact) mass is 460 g/mol. The van der Waals surface area contributed by atoms with E-state index in [4.69, 9.17) is 9.47 Å². The molecule has 176 valence electrons. The van der Waals surface area contributed by atoms with E-state index in [1.54, 1.807) is 11.8 Å². The number of ether oxygens (including phenoxy) is 2. The van der Waals surface area contributed by atoms with E-state index in [1.807, 2.05) is 37.3 Å². The molecule has 0 bridgehead atoms. The lowest BCUT2D eigenvalue weighted by Crippen LogP contribution is -2.42. The third-order valence-corrected chi connectivity index (χ3v) is 6.32. The number of nitrogens with zero attached hydrogens (tertiary/aromatic N) is 5. The van der Waals surface area contributed by atoms with Gasteiger partial charge in [-0.25, -0.2) is 4.68 Å². The molecule has 0 spiro atoms. The van der Waals surface area contributed by atoms with Gasteiger partial charge < -0.3 is 14.5 Å². The highest BCUT2D eigenvalue weighted by Crippen LogP contribution is 2.29. The van der Waals surface area contributed by atoms with Crippen molar-refractivity contribution in [3.8, 4) is 5.75 Å². The third kappa shape index (κ3) is 4.32. The summed E-state index contributed by atoms with van der Waals surface area (Å²) in [5.74, 6) is 1.42. The molecule has 4 aromatic rings. The number of pyridine rings is 1. The van der Waals surface area contributed by atoms with E-state index in [0.29, 0.717) is 44.2 Å². The number of benzene rings is 2.